The van der Waals surface area contributed by atoms with E-state index < -0.39 is 30.0 Å². The smallest absolute Gasteiger partial charge is 0.415 e. The highest BCUT2D eigenvalue weighted by atomic mass is 16.6. The lowest BCUT2D eigenvalue weighted by Gasteiger charge is -2.15. The molecule has 0 unspecified atom stereocenters. The zero-order valence-electron chi connectivity index (χ0n) is 7.90. The Kier molecular flexibility index (Phi) is 3.06. The second-order valence-electron chi connectivity index (χ2n) is 2.87. The van der Waals surface area contributed by atoms with E-state index in [4.69, 9.17) is 0 Å². The van der Waals surface area contributed by atoms with Gasteiger partial charge in [0.2, 0.25) is 0 Å². The molecule has 1 aliphatic rings. The molecule has 0 aromatic rings. The molecule has 0 saturated carbocycles. The molecule has 1 aliphatic heterocycles. The molecule has 0 aromatic carbocycles. The van der Waals surface area contributed by atoms with Gasteiger partial charge in [-0.05, 0) is 6.42 Å². The first-order valence-corrected chi connectivity index (χ1v) is 4.20. The fourth-order valence-electron chi connectivity index (χ4n) is 1.32. The van der Waals surface area contributed by atoms with Gasteiger partial charge in [-0.2, -0.15) is 0 Å². The molecule has 1 heterocycles. The minimum Gasteiger partial charge on any atom is -0.469 e. The van der Waals surface area contributed by atoms with Crippen LogP contribution in [-0.2, 0) is 19.1 Å². The van der Waals surface area contributed by atoms with Crippen LogP contribution in [0.1, 0.15) is 13.3 Å². The lowest BCUT2D eigenvalue weighted by Crippen LogP contribution is -2.40. The van der Waals surface area contributed by atoms with Crippen molar-refractivity contribution < 1.29 is 23.9 Å². The molecule has 6 nitrogen and oxygen atoms in total. The molecule has 0 bridgehead atoms. The summed E-state index contributed by atoms with van der Waals surface area (Å²) in [6, 6.07) is -0.917. The molecule has 0 radical (unpaired) electrons. The minimum atomic E-state index is -0.917. The van der Waals surface area contributed by atoms with Crippen LogP contribution in [0.3, 0.4) is 0 Å². The van der Waals surface area contributed by atoms with Crippen molar-refractivity contribution >= 4 is 18.0 Å². The van der Waals surface area contributed by atoms with Crippen LogP contribution in [0.15, 0.2) is 0 Å². The number of hydrogen-bond acceptors (Lipinski definition) is 5. The highest BCUT2D eigenvalue weighted by Crippen LogP contribution is 2.16. The molecule has 14 heavy (non-hydrogen) atoms. The molecule has 1 fully saturated rings. The molecule has 1 N–H and O–H groups in total. The molecule has 1 amide bonds. The largest absolute Gasteiger partial charge is 0.469 e. The second kappa shape index (κ2) is 4.08. The number of hydrogen-bond donors (Lipinski definition) is 1. The molecule has 6 heteroatoms. The first kappa shape index (κ1) is 10.5. The standard InChI is InChI=1S/C8H11NO5/c1-3-4(6(10)13-2)5-7(11)14-8(12)9-5/h4-5H,3H2,1-2H3,(H,9,12)/t4-,5+/m1/s1. The third kappa shape index (κ3) is 1.84. The van der Waals surface area contributed by atoms with Crippen LogP contribution in [0.2, 0.25) is 0 Å². The van der Waals surface area contributed by atoms with Gasteiger partial charge in [0.15, 0.2) is 0 Å². The van der Waals surface area contributed by atoms with E-state index in [1.54, 1.807) is 6.92 Å². The van der Waals surface area contributed by atoms with Gasteiger partial charge in [0, 0.05) is 0 Å². The van der Waals surface area contributed by atoms with Crippen molar-refractivity contribution in [2.24, 2.45) is 5.92 Å². The number of alkyl carbamates (subject to hydrolysis) is 1. The number of esters is 2. The highest BCUT2D eigenvalue weighted by Gasteiger charge is 2.41. The van der Waals surface area contributed by atoms with Crippen molar-refractivity contribution in [3.63, 3.8) is 0 Å². The Morgan fingerprint density at radius 2 is 2.29 bits per heavy atom. The number of carbonyl (C=O) groups is 3. The molecule has 1 rings (SSSR count). The monoisotopic (exact) mass is 201 g/mol. The fraction of sp³-hybridized carbons (Fsp3) is 0.625. The summed E-state index contributed by atoms with van der Waals surface area (Å²) in [5, 5.41) is 2.26. The fourth-order valence-corrected chi connectivity index (χ4v) is 1.32. The van der Waals surface area contributed by atoms with Crippen molar-refractivity contribution in [3.8, 4) is 0 Å². The summed E-state index contributed by atoms with van der Waals surface area (Å²) >= 11 is 0. The van der Waals surface area contributed by atoms with Gasteiger partial charge >= 0.3 is 18.0 Å². The molecule has 78 valence electrons. The van der Waals surface area contributed by atoms with Gasteiger partial charge in [0.25, 0.3) is 0 Å². The van der Waals surface area contributed by atoms with Crippen molar-refractivity contribution in [1.82, 2.24) is 5.32 Å². The summed E-state index contributed by atoms with van der Waals surface area (Å²) in [4.78, 5) is 33.0. The van der Waals surface area contributed by atoms with Crippen LogP contribution >= 0.6 is 0 Å². The zero-order valence-corrected chi connectivity index (χ0v) is 7.90. The predicted octanol–water partition coefficient (Wildman–Crippen LogP) is -0.179. The summed E-state index contributed by atoms with van der Waals surface area (Å²) in [7, 11) is 1.23. The third-order valence-electron chi connectivity index (χ3n) is 2.07. The number of carbonyl (C=O) groups excluding carboxylic acids is 3. The van der Waals surface area contributed by atoms with Gasteiger partial charge in [0.1, 0.15) is 6.04 Å². The maximum Gasteiger partial charge on any atom is 0.415 e. The van der Waals surface area contributed by atoms with Crippen molar-refractivity contribution in [2.45, 2.75) is 19.4 Å². The SMILES string of the molecule is CC[C@@H](C(=O)OC)[C@@H]1NC(=O)OC1=O. The lowest BCUT2D eigenvalue weighted by atomic mass is 9.98. The molecule has 1 saturated heterocycles. The topological polar surface area (TPSA) is 81.7 Å². The van der Waals surface area contributed by atoms with E-state index in [0.717, 1.165) is 0 Å². The van der Waals surface area contributed by atoms with Crippen LogP contribution in [0, 0.1) is 5.92 Å². The van der Waals surface area contributed by atoms with E-state index in [0.29, 0.717) is 6.42 Å². The number of rotatable bonds is 3. The Labute approximate surface area is 80.5 Å². The number of cyclic esters (lactones) is 2. The van der Waals surface area contributed by atoms with E-state index in [-0.39, 0.29) is 0 Å². The van der Waals surface area contributed by atoms with Crippen molar-refractivity contribution in [1.29, 1.82) is 0 Å². The molecule has 0 aromatic heterocycles. The van der Waals surface area contributed by atoms with Crippen molar-refractivity contribution in [2.75, 3.05) is 7.11 Å². The van der Waals surface area contributed by atoms with Gasteiger partial charge < -0.3 is 14.8 Å². The van der Waals surface area contributed by atoms with Gasteiger partial charge in [-0.15, -0.1) is 0 Å². The average Bonchev–Trinajstić information content (AvgIpc) is 2.47. The normalized spacial score (nSPS) is 22.6. The molecular weight excluding hydrogens is 190 g/mol. The van der Waals surface area contributed by atoms with Gasteiger partial charge in [-0.3, -0.25) is 4.79 Å². The molecule has 2 atom stereocenters. The molecule has 0 spiro atoms. The minimum absolute atomic E-state index is 0.396. The quantitative estimate of drug-likeness (QED) is 0.506. The lowest BCUT2D eigenvalue weighted by molar-refractivity contribution is -0.150. The molecule has 0 aliphatic carbocycles. The second-order valence-corrected chi connectivity index (χ2v) is 2.87. The summed E-state index contributed by atoms with van der Waals surface area (Å²) in [5.74, 6) is -1.94. The van der Waals surface area contributed by atoms with E-state index >= 15 is 0 Å². The number of nitrogens with one attached hydrogen (secondary N) is 1. The Hall–Kier alpha value is -1.59. The Bertz CT molecular complexity index is 275. The Morgan fingerprint density at radius 1 is 1.64 bits per heavy atom. The van der Waals surface area contributed by atoms with Gasteiger partial charge in [-0.1, -0.05) is 6.92 Å². The van der Waals surface area contributed by atoms with Crippen LogP contribution in [0.4, 0.5) is 4.79 Å². The summed E-state index contributed by atoms with van der Waals surface area (Å²) in [5.41, 5.74) is 0. The first-order chi connectivity index (χ1) is 6.60. The van der Waals surface area contributed by atoms with Gasteiger partial charge in [0.05, 0.1) is 13.0 Å². The number of amides is 1. The van der Waals surface area contributed by atoms with Crippen LogP contribution < -0.4 is 5.32 Å². The maximum absolute atomic E-state index is 11.2. The van der Waals surface area contributed by atoms with E-state index in [1.165, 1.54) is 7.11 Å². The summed E-state index contributed by atoms with van der Waals surface area (Å²) < 4.78 is 8.76. The average molecular weight is 201 g/mol. The first-order valence-electron chi connectivity index (χ1n) is 4.20. The Balaban J connectivity index is 2.75. The van der Waals surface area contributed by atoms with Crippen molar-refractivity contribution in [3.05, 3.63) is 0 Å². The third-order valence-corrected chi connectivity index (χ3v) is 2.07. The Morgan fingerprint density at radius 3 is 2.64 bits per heavy atom. The molecular formula is C8H11NO5. The van der Waals surface area contributed by atoms with E-state index in [9.17, 15) is 14.4 Å². The highest BCUT2D eigenvalue weighted by molar-refractivity contribution is 5.98. The number of methoxy groups -OCH3 is 1. The summed E-state index contributed by atoms with van der Waals surface area (Å²) in [6.45, 7) is 1.72. The summed E-state index contributed by atoms with van der Waals surface area (Å²) in [6.07, 6.45) is -0.422. The number of ether oxygens (including phenoxy) is 2. The van der Waals surface area contributed by atoms with E-state index in [2.05, 4.69) is 14.8 Å². The predicted molar refractivity (Wildman–Crippen MR) is 44.2 cm³/mol. The van der Waals surface area contributed by atoms with Crippen LogP contribution in [-0.4, -0.2) is 31.2 Å². The van der Waals surface area contributed by atoms with Crippen LogP contribution in [0.25, 0.3) is 0 Å². The van der Waals surface area contributed by atoms with Gasteiger partial charge in [-0.25, -0.2) is 9.59 Å². The zero-order chi connectivity index (χ0) is 10.7. The van der Waals surface area contributed by atoms with E-state index in [1.807, 2.05) is 0 Å². The van der Waals surface area contributed by atoms with Crippen LogP contribution in [0.5, 0.6) is 0 Å². The maximum atomic E-state index is 11.2.